The Balaban J connectivity index is 1.75. The highest BCUT2D eigenvalue weighted by Crippen LogP contribution is 2.64. The fourth-order valence-corrected chi connectivity index (χ4v) is 7.97. The van der Waals surface area contributed by atoms with Gasteiger partial charge in [-0.25, -0.2) is 0 Å². The minimum Gasteiger partial charge on any atom is -0.411 e. The van der Waals surface area contributed by atoms with E-state index in [0.717, 1.165) is 38.5 Å². The van der Waals surface area contributed by atoms with Crippen LogP contribution in [0.3, 0.4) is 0 Å². The Kier molecular flexibility index (Phi) is 4.21. The van der Waals surface area contributed by atoms with Crippen LogP contribution in [0.25, 0.3) is 0 Å². The van der Waals surface area contributed by atoms with E-state index in [0.29, 0.717) is 30.0 Å². The maximum atomic E-state index is 12.6. The van der Waals surface area contributed by atoms with Crippen molar-refractivity contribution in [2.24, 2.45) is 28.6 Å². The number of carbonyl (C=O) groups is 2. The van der Waals surface area contributed by atoms with Gasteiger partial charge in [-0.15, -0.1) is 0 Å². The van der Waals surface area contributed by atoms with E-state index in [1.807, 2.05) is 6.08 Å². The van der Waals surface area contributed by atoms with Gasteiger partial charge in [0, 0.05) is 18.3 Å². The largest absolute Gasteiger partial charge is 0.411 e. The quantitative estimate of drug-likeness (QED) is 0.645. The third-order valence-electron chi connectivity index (χ3n) is 8.16. The summed E-state index contributed by atoms with van der Waals surface area (Å²) >= 11 is 0. The van der Waals surface area contributed by atoms with Crippen molar-refractivity contribution in [3.8, 4) is 0 Å². The molecule has 0 spiro atoms. The molecule has 0 heterocycles. The van der Waals surface area contributed by atoms with E-state index in [1.165, 1.54) is 5.57 Å². The number of hydrogen-bond donors (Lipinski definition) is 0. The topological polar surface area (TPSA) is 43.4 Å². The molecule has 3 fully saturated rings. The van der Waals surface area contributed by atoms with Gasteiger partial charge in [-0.1, -0.05) is 13.8 Å². The molecule has 0 saturated heterocycles. The third-order valence-corrected chi connectivity index (χ3v) is 9.15. The maximum absolute atomic E-state index is 12.6. The molecule has 0 aromatic carbocycles. The Hall–Kier alpha value is -0.743. The second kappa shape index (κ2) is 5.87. The van der Waals surface area contributed by atoms with E-state index in [1.54, 1.807) is 0 Å². The summed E-state index contributed by atoms with van der Waals surface area (Å²) in [5.41, 5.74) is 1.26. The monoisotopic (exact) mass is 374 g/mol. The molecule has 0 radical (unpaired) electrons. The molecule has 0 aliphatic heterocycles. The van der Waals surface area contributed by atoms with E-state index in [2.05, 4.69) is 33.5 Å². The van der Waals surface area contributed by atoms with Crippen LogP contribution in [-0.2, 0) is 14.0 Å². The molecule has 0 bridgehead atoms. The van der Waals surface area contributed by atoms with Gasteiger partial charge in [0.2, 0.25) is 0 Å². The molecule has 0 aromatic heterocycles. The second-order valence-electron chi connectivity index (χ2n) is 10.7. The molecule has 0 aromatic rings. The molecule has 0 N–H and O–H groups in total. The minimum atomic E-state index is -1.72. The van der Waals surface area contributed by atoms with Crippen molar-refractivity contribution in [2.45, 2.75) is 84.5 Å². The van der Waals surface area contributed by atoms with Gasteiger partial charge in [0.05, 0.1) is 6.10 Å². The van der Waals surface area contributed by atoms with Crippen LogP contribution in [0.2, 0.25) is 19.6 Å². The van der Waals surface area contributed by atoms with Gasteiger partial charge in [0.15, 0.2) is 14.1 Å². The summed E-state index contributed by atoms with van der Waals surface area (Å²) in [5.74, 6) is 2.45. The molecule has 6 unspecified atom stereocenters. The predicted molar refractivity (Wildman–Crippen MR) is 105 cm³/mol. The molecular formula is C22H34O3Si. The molecular weight excluding hydrogens is 340 g/mol. The van der Waals surface area contributed by atoms with Gasteiger partial charge in [-0.05, 0) is 86.6 Å². The average Bonchev–Trinajstić information content (AvgIpc) is 2.83. The summed E-state index contributed by atoms with van der Waals surface area (Å²) in [4.78, 5) is 24.9. The van der Waals surface area contributed by atoms with E-state index in [4.69, 9.17) is 4.43 Å². The molecule has 4 aliphatic rings. The summed E-state index contributed by atoms with van der Waals surface area (Å²) in [5, 5.41) is 0. The van der Waals surface area contributed by atoms with Crippen LogP contribution in [0.1, 0.15) is 58.8 Å². The van der Waals surface area contributed by atoms with Crippen LogP contribution in [0.15, 0.2) is 11.6 Å². The highest BCUT2D eigenvalue weighted by molar-refractivity contribution is 6.69. The number of rotatable bonds is 2. The lowest BCUT2D eigenvalue weighted by atomic mass is 9.47. The van der Waals surface area contributed by atoms with Crippen LogP contribution >= 0.6 is 0 Å². The van der Waals surface area contributed by atoms with Gasteiger partial charge >= 0.3 is 0 Å². The lowest BCUT2D eigenvalue weighted by Crippen LogP contribution is -2.55. The number of Topliss-reactive ketones (excluding diaryl/α,β-unsaturated/α-hetero) is 1. The number of carbonyl (C=O) groups excluding carboxylic acids is 2. The van der Waals surface area contributed by atoms with Gasteiger partial charge in [0.25, 0.3) is 0 Å². The number of hydrogen-bond acceptors (Lipinski definition) is 3. The van der Waals surface area contributed by atoms with Crippen molar-refractivity contribution in [1.82, 2.24) is 0 Å². The zero-order valence-corrected chi connectivity index (χ0v) is 18.1. The molecule has 0 amide bonds. The van der Waals surface area contributed by atoms with Crippen molar-refractivity contribution in [3.63, 3.8) is 0 Å². The smallest absolute Gasteiger partial charge is 0.184 e. The van der Waals surface area contributed by atoms with Crippen molar-refractivity contribution >= 4 is 19.9 Å². The zero-order valence-electron chi connectivity index (χ0n) is 17.1. The summed E-state index contributed by atoms with van der Waals surface area (Å²) in [7, 11) is -1.72. The van der Waals surface area contributed by atoms with Gasteiger partial charge in [-0.2, -0.15) is 0 Å². The first-order chi connectivity index (χ1) is 12.0. The SMILES string of the molecule is CC12CCC3C(CC(O[Si](C)(C)C)C4=CC(=O)CCC43C)C1CCC2=O. The Labute approximate surface area is 159 Å². The first-order valence-corrected chi connectivity index (χ1v) is 13.9. The Bertz CT molecular complexity index is 675. The number of ketones is 2. The van der Waals surface area contributed by atoms with E-state index >= 15 is 0 Å². The van der Waals surface area contributed by atoms with Gasteiger partial charge < -0.3 is 4.43 Å². The predicted octanol–water partition coefficient (Wildman–Crippen LogP) is 4.92. The van der Waals surface area contributed by atoms with Crippen LogP contribution < -0.4 is 0 Å². The fraction of sp³-hybridized carbons (Fsp3) is 0.818. The maximum Gasteiger partial charge on any atom is 0.184 e. The molecule has 26 heavy (non-hydrogen) atoms. The molecule has 3 saturated carbocycles. The van der Waals surface area contributed by atoms with E-state index < -0.39 is 8.32 Å². The van der Waals surface area contributed by atoms with Gasteiger partial charge in [0.1, 0.15) is 5.78 Å². The van der Waals surface area contributed by atoms with Crippen LogP contribution in [0, 0.1) is 28.6 Å². The first kappa shape index (κ1) is 18.6. The normalized spacial score (nSPS) is 45.7. The lowest BCUT2D eigenvalue weighted by molar-refractivity contribution is -0.134. The molecule has 4 heteroatoms. The Morgan fingerprint density at radius 1 is 1.00 bits per heavy atom. The van der Waals surface area contributed by atoms with Crippen molar-refractivity contribution in [3.05, 3.63) is 11.6 Å². The molecule has 144 valence electrons. The Morgan fingerprint density at radius 2 is 1.69 bits per heavy atom. The van der Waals surface area contributed by atoms with Crippen LogP contribution in [-0.4, -0.2) is 26.0 Å². The molecule has 4 aliphatic carbocycles. The van der Waals surface area contributed by atoms with E-state index in [9.17, 15) is 9.59 Å². The summed E-state index contributed by atoms with van der Waals surface area (Å²) in [6, 6.07) is 0. The van der Waals surface area contributed by atoms with Crippen molar-refractivity contribution < 1.29 is 14.0 Å². The molecule has 6 atom stereocenters. The fourth-order valence-electron chi connectivity index (χ4n) is 6.89. The highest BCUT2D eigenvalue weighted by atomic mass is 28.4. The average molecular weight is 375 g/mol. The summed E-state index contributed by atoms with van der Waals surface area (Å²) < 4.78 is 6.65. The second-order valence-corrected chi connectivity index (χ2v) is 15.2. The lowest BCUT2D eigenvalue weighted by Gasteiger charge is -2.59. The molecule has 3 nitrogen and oxygen atoms in total. The number of fused-ring (bicyclic) bond motifs is 5. The summed E-state index contributed by atoms with van der Waals surface area (Å²) in [6.07, 6.45) is 8.65. The first-order valence-electron chi connectivity index (χ1n) is 10.5. The zero-order chi connectivity index (χ0) is 18.9. The summed E-state index contributed by atoms with van der Waals surface area (Å²) in [6.45, 7) is 11.3. The van der Waals surface area contributed by atoms with Crippen LogP contribution in [0.4, 0.5) is 0 Å². The van der Waals surface area contributed by atoms with E-state index in [-0.39, 0.29) is 22.7 Å². The standard InChI is InChI=1S/C22H34O3Si/c1-21-10-8-14(23)12-18(21)19(25-26(3,4)5)13-15-16-6-7-20(24)22(16,2)11-9-17(15)21/h12,15-17,19H,6-11,13H2,1-5H3. The molecule has 4 rings (SSSR count). The van der Waals surface area contributed by atoms with Gasteiger partial charge in [-0.3, -0.25) is 9.59 Å². The van der Waals surface area contributed by atoms with Crippen LogP contribution in [0.5, 0.6) is 0 Å². The van der Waals surface area contributed by atoms with Crippen molar-refractivity contribution in [1.29, 1.82) is 0 Å². The minimum absolute atomic E-state index is 0.0775. The highest BCUT2D eigenvalue weighted by Gasteiger charge is 2.61. The third kappa shape index (κ3) is 2.71. The Morgan fingerprint density at radius 3 is 2.38 bits per heavy atom. The van der Waals surface area contributed by atoms with Crippen molar-refractivity contribution in [2.75, 3.05) is 0 Å².